The number of rotatable bonds is 3. The molecule has 0 atom stereocenters. The highest BCUT2D eigenvalue weighted by molar-refractivity contribution is 7.09. The Hall–Kier alpha value is -0.700. The van der Waals surface area contributed by atoms with Gasteiger partial charge in [-0.25, -0.2) is 4.98 Å². The fourth-order valence-electron chi connectivity index (χ4n) is 2.48. The highest BCUT2D eigenvalue weighted by atomic mass is 32.1. The number of nitrogens with zero attached hydrogens (tertiary/aromatic N) is 1. The van der Waals surface area contributed by atoms with Crippen molar-refractivity contribution in [2.45, 2.75) is 52.4 Å². The molecule has 88 valence electrons. The molecule has 1 aliphatic carbocycles. The molecular weight excluding hydrogens is 218 g/mol. The van der Waals surface area contributed by atoms with Gasteiger partial charge in [-0.2, -0.15) is 0 Å². The second kappa shape index (κ2) is 4.66. The monoisotopic (exact) mass is 237 g/mol. The minimum atomic E-state index is -0.0736. The Labute approximate surface area is 101 Å². The predicted molar refractivity (Wildman–Crippen MR) is 66.8 cm³/mol. The van der Waals surface area contributed by atoms with Crippen LogP contribution in [0.15, 0.2) is 5.38 Å². The predicted octanol–water partition coefficient (Wildman–Crippen LogP) is 3.53. The lowest BCUT2D eigenvalue weighted by atomic mass is 9.72. The van der Waals surface area contributed by atoms with E-state index in [4.69, 9.17) is 0 Å². The molecular formula is C13H19NOS. The van der Waals surface area contributed by atoms with Crippen molar-refractivity contribution in [1.82, 2.24) is 4.98 Å². The molecule has 1 heterocycles. The number of carbonyl (C=O) groups excluding carboxylic acids is 1. The summed E-state index contributed by atoms with van der Waals surface area (Å²) in [6.07, 6.45) is 6.36. The zero-order valence-corrected chi connectivity index (χ0v) is 10.9. The maximum atomic E-state index is 12.3. The number of thiazole rings is 1. The third-order valence-electron chi connectivity index (χ3n) is 3.64. The van der Waals surface area contributed by atoms with Crippen LogP contribution in [0, 0.1) is 12.3 Å². The average Bonchev–Trinajstić information content (AvgIpc) is 2.65. The highest BCUT2D eigenvalue weighted by Crippen LogP contribution is 2.37. The van der Waals surface area contributed by atoms with Gasteiger partial charge >= 0.3 is 0 Å². The Balaban J connectivity index is 2.01. The van der Waals surface area contributed by atoms with Crippen LogP contribution >= 0.6 is 11.3 Å². The number of hydrogen-bond acceptors (Lipinski definition) is 3. The normalized spacial score (nSPS) is 19.6. The van der Waals surface area contributed by atoms with Crippen molar-refractivity contribution in [2.75, 3.05) is 0 Å². The maximum Gasteiger partial charge on any atom is 0.144 e. The minimum absolute atomic E-state index is 0.0736. The van der Waals surface area contributed by atoms with E-state index in [-0.39, 0.29) is 5.41 Å². The molecule has 1 aliphatic rings. The van der Waals surface area contributed by atoms with E-state index >= 15 is 0 Å². The van der Waals surface area contributed by atoms with Gasteiger partial charge in [0.2, 0.25) is 0 Å². The first-order valence-corrected chi connectivity index (χ1v) is 6.92. The summed E-state index contributed by atoms with van der Waals surface area (Å²) in [5, 5.41) is 3.07. The van der Waals surface area contributed by atoms with Gasteiger partial charge in [-0.3, -0.25) is 4.79 Å². The fourth-order valence-corrected chi connectivity index (χ4v) is 3.09. The molecule has 0 unspecified atom stereocenters. The summed E-state index contributed by atoms with van der Waals surface area (Å²) in [7, 11) is 0. The number of ketones is 1. The van der Waals surface area contributed by atoms with Crippen molar-refractivity contribution in [3.8, 4) is 0 Å². The molecule has 1 fully saturated rings. The molecule has 2 rings (SSSR count). The van der Waals surface area contributed by atoms with Crippen LogP contribution in [0.25, 0.3) is 0 Å². The number of carbonyl (C=O) groups is 1. The van der Waals surface area contributed by atoms with Crippen molar-refractivity contribution < 1.29 is 4.79 Å². The standard InChI is InChI=1S/C13H19NOS/c1-10-14-11(9-16-10)8-12(15)13(2)6-4-3-5-7-13/h9H,3-8H2,1-2H3. The summed E-state index contributed by atoms with van der Waals surface area (Å²) in [4.78, 5) is 16.6. The second-order valence-corrected chi connectivity index (χ2v) is 6.14. The van der Waals surface area contributed by atoms with Crippen LogP contribution in [0.2, 0.25) is 0 Å². The summed E-state index contributed by atoms with van der Waals surface area (Å²) in [5.74, 6) is 0.387. The van der Waals surface area contributed by atoms with Crippen LogP contribution in [-0.4, -0.2) is 10.8 Å². The fraction of sp³-hybridized carbons (Fsp3) is 0.692. The smallest absolute Gasteiger partial charge is 0.144 e. The van der Waals surface area contributed by atoms with Gasteiger partial charge in [0.15, 0.2) is 0 Å². The van der Waals surface area contributed by atoms with Crippen molar-refractivity contribution in [3.63, 3.8) is 0 Å². The van der Waals surface area contributed by atoms with Gasteiger partial charge in [0, 0.05) is 10.8 Å². The molecule has 1 aromatic rings. The second-order valence-electron chi connectivity index (χ2n) is 5.08. The molecule has 0 aliphatic heterocycles. The summed E-state index contributed by atoms with van der Waals surface area (Å²) < 4.78 is 0. The van der Waals surface area contributed by atoms with Gasteiger partial charge in [-0.15, -0.1) is 11.3 Å². The molecule has 2 nitrogen and oxygen atoms in total. The first-order valence-electron chi connectivity index (χ1n) is 6.04. The van der Waals surface area contributed by atoms with Gasteiger partial charge in [-0.05, 0) is 19.8 Å². The summed E-state index contributed by atoms with van der Waals surface area (Å²) >= 11 is 1.63. The first-order chi connectivity index (χ1) is 7.60. The molecule has 0 amide bonds. The quantitative estimate of drug-likeness (QED) is 0.805. The first kappa shape index (κ1) is 11.8. The zero-order chi connectivity index (χ0) is 11.6. The van der Waals surface area contributed by atoms with Gasteiger partial charge in [0.1, 0.15) is 5.78 Å². The van der Waals surface area contributed by atoms with Gasteiger partial charge in [0.25, 0.3) is 0 Å². The van der Waals surface area contributed by atoms with E-state index in [1.54, 1.807) is 11.3 Å². The largest absolute Gasteiger partial charge is 0.299 e. The Morgan fingerprint density at radius 3 is 2.69 bits per heavy atom. The van der Waals surface area contributed by atoms with Crippen molar-refractivity contribution in [3.05, 3.63) is 16.1 Å². The Kier molecular flexibility index (Phi) is 3.43. The topological polar surface area (TPSA) is 30.0 Å². The lowest BCUT2D eigenvalue weighted by molar-refractivity contribution is -0.128. The minimum Gasteiger partial charge on any atom is -0.299 e. The summed E-state index contributed by atoms with van der Waals surface area (Å²) in [6.45, 7) is 4.12. The number of hydrogen-bond donors (Lipinski definition) is 0. The molecule has 0 radical (unpaired) electrons. The van der Waals surface area contributed by atoms with Crippen molar-refractivity contribution in [1.29, 1.82) is 0 Å². The molecule has 0 spiro atoms. The summed E-state index contributed by atoms with van der Waals surface area (Å²) in [6, 6.07) is 0. The van der Waals surface area contributed by atoms with Crippen LogP contribution in [0.1, 0.15) is 49.7 Å². The van der Waals surface area contributed by atoms with E-state index in [1.807, 2.05) is 12.3 Å². The van der Waals surface area contributed by atoms with Crippen LogP contribution in [-0.2, 0) is 11.2 Å². The number of Topliss-reactive ketones (excluding diaryl/α,β-unsaturated/α-hetero) is 1. The zero-order valence-electron chi connectivity index (χ0n) is 10.1. The molecule has 1 saturated carbocycles. The molecule has 0 saturated heterocycles. The van der Waals surface area contributed by atoms with Crippen LogP contribution in [0.4, 0.5) is 0 Å². The molecule has 0 aromatic carbocycles. The van der Waals surface area contributed by atoms with E-state index < -0.39 is 0 Å². The SMILES string of the molecule is Cc1nc(CC(=O)C2(C)CCCCC2)cs1. The van der Waals surface area contributed by atoms with E-state index in [0.717, 1.165) is 23.5 Å². The number of aromatic nitrogens is 1. The van der Waals surface area contributed by atoms with Crippen LogP contribution in [0.3, 0.4) is 0 Å². The molecule has 1 aromatic heterocycles. The van der Waals surface area contributed by atoms with E-state index in [2.05, 4.69) is 11.9 Å². The van der Waals surface area contributed by atoms with Gasteiger partial charge in [0.05, 0.1) is 17.1 Å². The Morgan fingerprint density at radius 1 is 1.44 bits per heavy atom. The van der Waals surface area contributed by atoms with Gasteiger partial charge in [-0.1, -0.05) is 26.2 Å². The third-order valence-corrected chi connectivity index (χ3v) is 4.46. The molecule has 0 N–H and O–H groups in total. The van der Waals surface area contributed by atoms with E-state index in [0.29, 0.717) is 12.2 Å². The number of aryl methyl sites for hydroxylation is 1. The van der Waals surface area contributed by atoms with Crippen LogP contribution < -0.4 is 0 Å². The van der Waals surface area contributed by atoms with E-state index in [1.165, 1.54) is 19.3 Å². The van der Waals surface area contributed by atoms with E-state index in [9.17, 15) is 4.79 Å². The van der Waals surface area contributed by atoms with Gasteiger partial charge < -0.3 is 0 Å². The Morgan fingerprint density at radius 2 is 2.12 bits per heavy atom. The summed E-state index contributed by atoms with van der Waals surface area (Å²) in [5.41, 5.74) is 0.884. The lowest BCUT2D eigenvalue weighted by Crippen LogP contribution is -2.31. The molecule has 3 heteroatoms. The molecule has 16 heavy (non-hydrogen) atoms. The average molecular weight is 237 g/mol. The van der Waals surface area contributed by atoms with Crippen LogP contribution in [0.5, 0.6) is 0 Å². The molecule has 0 bridgehead atoms. The third kappa shape index (κ3) is 2.51. The van der Waals surface area contributed by atoms with Crippen molar-refractivity contribution in [2.24, 2.45) is 5.41 Å². The Bertz CT molecular complexity index is 377. The lowest BCUT2D eigenvalue weighted by Gasteiger charge is -2.31. The van der Waals surface area contributed by atoms with Crippen molar-refractivity contribution >= 4 is 17.1 Å². The highest BCUT2D eigenvalue weighted by Gasteiger charge is 2.34. The maximum absolute atomic E-state index is 12.3.